The molecule has 0 aliphatic carbocycles. The van der Waals surface area contributed by atoms with Crippen molar-refractivity contribution in [3.63, 3.8) is 0 Å². The Labute approximate surface area is 145 Å². The van der Waals surface area contributed by atoms with E-state index in [-0.39, 0.29) is 12.9 Å². The molecule has 1 aromatic heterocycles. The maximum Gasteiger partial charge on any atom is 0.152 e. The summed E-state index contributed by atoms with van der Waals surface area (Å²) < 4.78 is 30.2. The van der Waals surface area contributed by atoms with E-state index in [1.54, 1.807) is 0 Å². The Morgan fingerprint density at radius 1 is 1.33 bits per heavy atom. The summed E-state index contributed by atoms with van der Waals surface area (Å²) in [7, 11) is -2.83. The van der Waals surface area contributed by atoms with E-state index >= 15 is 0 Å². The molecule has 0 radical (unpaired) electrons. The molecular weight excluding hydrogens is 330 g/mol. The highest BCUT2D eigenvalue weighted by atomic mass is 32.2. The summed E-state index contributed by atoms with van der Waals surface area (Å²) in [5.74, 6) is 0.480. The summed E-state index contributed by atoms with van der Waals surface area (Å²) in [6.45, 7) is 9.12. The second-order valence-electron chi connectivity index (χ2n) is 6.48. The molecule has 9 heteroatoms. The maximum atomic E-state index is 11.4. The van der Waals surface area contributed by atoms with Crippen LogP contribution in [-0.4, -0.2) is 78.7 Å². The van der Waals surface area contributed by atoms with Gasteiger partial charge in [-0.05, 0) is 6.42 Å². The van der Waals surface area contributed by atoms with E-state index < -0.39 is 9.84 Å². The van der Waals surface area contributed by atoms with Gasteiger partial charge in [0, 0.05) is 53.0 Å². The van der Waals surface area contributed by atoms with Gasteiger partial charge < -0.3 is 10.1 Å². The molecule has 0 saturated carbocycles. The van der Waals surface area contributed by atoms with E-state index in [1.807, 2.05) is 10.9 Å². The molecule has 0 unspecified atom stereocenters. The van der Waals surface area contributed by atoms with E-state index in [0.29, 0.717) is 32.3 Å². The number of nitrogens with zero attached hydrogens (tertiary/aromatic N) is 4. The highest BCUT2D eigenvalue weighted by molar-refractivity contribution is 7.91. The van der Waals surface area contributed by atoms with Crippen molar-refractivity contribution in [3.05, 3.63) is 11.9 Å². The van der Waals surface area contributed by atoms with Crippen molar-refractivity contribution in [2.45, 2.75) is 39.4 Å². The third kappa shape index (κ3) is 7.25. The first-order valence-corrected chi connectivity index (χ1v) is 10.4. The smallest absolute Gasteiger partial charge is 0.152 e. The van der Waals surface area contributed by atoms with E-state index in [1.165, 1.54) is 0 Å². The average Bonchev–Trinajstić information content (AvgIpc) is 2.96. The highest BCUT2D eigenvalue weighted by Crippen LogP contribution is 2.07. The molecule has 0 bridgehead atoms. The lowest BCUT2D eigenvalue weighted by Crippen LogP contribution is -2.39. The topological polar surface area (TPSA) is 89.4 Å². The summed E-state index contributed by atoms with van der Waals surface area (Å²) >= 11 is 0. The lowest BCUT2D eigenvalue weighted by Gasteiger charge is -2.25. The van der Waals surface area contributed by atoms with Crippen molar-refractivity contribution in [1.82, 2.24) is 25.2 Å². The number of aryl methyl sites for hydroxylation is 1. The standard InChI is InChI=1S/C15H29N5O3S.H2/c1-14(2)16-4-9-23-8-3-5-20-13-15(17-18-20)12-19-6-10-24(21,22)11-7-19;/h13-14,16H,3-12H2,1-2H3;1H. The van der Waals surface area contributed by atoms with Crippen LogP contribution >= 0.6 is 0 Å². The Morgan fingerprint density at radius 3 is 2.79 bits per heavy atom. The van der Waals surface area contributed by atoms with Crippen LogP contribution in [0.2, 0.25) is 0 Å². The Kier molecular flexibility index (Phi) is 7.60. The number of ether oxygens (including phenoxy) is 1. The van der Waals surface area contributed by atoms with Crippen molar-refractivity contribution in [3.8, 4) is 0 Å². The molecule has 1 N–H and O–H groups in total. The van der Waals surface area contributed by atoms with Crippen molar-refractivity contribution < 1.29 is 14.6 Å². The normalized spacial score (nSPS) is 18.3. The quantitative estimate of drug-likeness (QED) is 0.594. The Bertz CT molecular complexity index is 580. The zero-order valence-electron chi connectivity index (χ0n) is 14.6. The fourth-order valence-corrected chi connectivity index (χ4v) is 3.79. The SMILES string of the molecule is CC(C)NCCOCCCn1cc(CN2CCS(=O)(=O)CC2)nn1.[HH]. The van der Waals surface area contributed by atoms with Crippen LogP contribution in [0.3, 0.4) is 0 Å². The first-order valence-electron chi connectivity index (χ1n) is 8.57. The first kappa shape index (κ1) is 19.3. The third-order valence-electron chi connectivity index (χ3n) is 3.88. The largest absolute Gasteiger partial charge is 0.380 e. The molecule has 1 aliphatic heterocycles. The lowest BCUT2D eigenvalue weighted by atomic mass is 10.4. The van der Waals surface area contributed by atoms with Crippen LogP contribution in [0, 0.1) is 0 Å². The molecule has 1 fully saturated rings. The van der Waals surface area contributed by atoms with Gasteiger partial charge in [-0.15, -0.1) is 5.10 Å². The van der Waals surface area contributed by atoms with Gasteiger partial charge in [0.05, 0.1) is 23.8 Å². The Morgan fingerprint density at radius 2 is 2.08 bits per heavy atom. The number of hydrogen-bond acceptors (Lipinski definition) is 7. The molecule has 0 aromatic carbocycles. The summed E-state index contributed by atoms with van der Waals surface area (Å²) in [5.41, 5.74) is 0.886. The second-order valence-corrected chi connectivity index (χ2v) is 8.78. The number of rotatable bonds is 10. The summed E-state index contributed by atoms with van der Waals surface area (Å²) in [6, 6.07) is 0.488. The number of nitrogens with one attached hydrogen (secondary N) is 1. The van der Waals surface area contributed by atoms with Gasteiger partial charge in [0.25, 0.3) is 0 Å². The second kappa shape index (κ2) is 9.45. The van der Waals surface area contributed by atoms with Crippen LogP contribution in [0.15, 0.2) is 6.20 Å². The van der Waals surface area contributed by atoms with Crippen LogP contribution in [0.4, 0.5) is 0 Å². The fraction of sp³-hybridized carbons (Fsp3) is 0.867. The number of sulfone groups is 1. The van der Waals surface area contributed by atoms with Crippen molar-refractivity contribution >= 4 is 9.84 Å². The van der Waals surface area contributed by atoms with E-state index in [2.05, 4.69) is 34.4 Å². The zero-order chi connectivity index (χ0) is 17.4. The predicted octanol–water partition coefficient (Wildman–Crippen LogP) is 0.159. The molecule has 2 heterocycles. The molecule has 1 aliphatic rings. The first-order chi connectivity index (χ1) is 11.4. The molecule has 0 amide bonds. The van der Waals surface area contributed by atoms with Crippen molar-refractivity contribution in [1.29, 1.82) is 0 Å². The fourth-order valence-electron chi connectivity index (χ4n) is 2.51. The highest BCUT2D eigenvalue weighted by Gasteiger charge is 2.22. The van der Waals surface area contributed by atoms with Gasteiger partial charge in [-0.1, -0.05) is 19.1 Å². The number of hydrogen-bond donors (Lipinski definition) is 1. The van der Waals surface area contributed by atoms with E-state index in [9.17, 15) is 8.42 Å². The molecule has 0 atom stereocenters. The van der Waals surface area contributed by atoms with Gasteiger partial charge in [-0.25, -0.2) is 8.42 Å². The molecule has 24 heavy (non-hydrogen) atoms. The van der Waals surface area contributed by atoms with E-state index in [0.717, 1.165) is 31.8 Å². The third-order valence-corrected chi connectivity index (χ3v) is 5.49. The van der Waals surface area contributed by atoms with Crippen LogP contribution in [0.25, 0.3) is 0 Å². The van der Waals surface area contributed by atoms with Gasteiger partial charge >= 0.3 is 0 Å². The molecule has 2 rings (SSSR count). The zero-order valence-corrected chi connectivity index (χ0v) is 15.5. The monoisotopic (exact) mass is 361 g/mol. The minimum absolute atomic E-state index is 0. The van der Waals surface area contributed by atoms with Crippen molar-refractivity contribution in [2.75, 3.05) is 44.4 Å². The predicted molar refractivity (Wildman–Crippen MR) is 94.6 cm³/mol. The minimum atomic E-state index is -2.83. The molecule has 0 spiro atoms. The van der Waals surface area contributed by atoms with Gasteiger partial charge in [0.1, 0.15) is 0 Å². The van der Waals surface area contributed by atoms with Gasteiger partial charge in [-0.2, -0.15) is 0 Å². The molecule has 140 valence electrons. The van der Waals surface area contributed by atoms with Crippen LogP contribution in [-0.2, 0) is 27.7 Å². The Balaban J connectivity index is 0.00000312. The molecule has 1 saturated heterocycles. The molecular formula is C15H31N5O3S. The van der Waals surface area contributed by atoms with Gasteiger partial charge in [-0.3, -0.25) is 9.58 Å². The van der Waals surface area contributed by atoms with E-state index in [4.69, 9.17) is 4.74 Å². The maximum absolute atomic E-state index is 11.4. The average molecular weight is 362 g/mol. The summed E-state index contributed by atoms with van der Waals surface area (Å²) in [5, 5.41) is 11.6. The Hall–Kier alpha value is -1.03. The number of aromatic nitrogens is 3. The van der Waals surface area contributed by atoms with Crippen LogP contribution in [0.1, 0.15) is 27.4 Å². The van der Waals surface area contributed by atoms with Gasteiger partial charge in [0.2, 0.25) is 0 Å². The summed E-state index contributed by atoms with van der Waals surface area (Å²) in [4.78, 5) is 2.11. The lowest BCUT2D eigenvalue weighted by molar-refractivity contribution is 0.128. The van der Waals surface area contributed by atoms with Crippen molar-refractivity contribution in [2.24, 2.45) is 0 Å². The van der Waals surface area contributed by atoms with Crippen LogP contribution < -0.4 is 5.32 Å². The minimum Gasteiger partial charge on any atom is -0.380 e. The molecule has 8 nitrogen and oxygen atoms in total. The van der Waals surface area contributed by atoms with Crippen LogP contribution in [0.5, 0.6) is 0 Å². The summed E-state index contributed by atoms with van der Waals surface area (Å²) in [6.07, 6.45) is 2.83. The van der Waals surface area contributed by atoms with Gasteiger partial charge in [0.15, 0.2) is 9.84 Å². The molecule has 1 aromatic rings.